The molecule has 0 saturated carbocycles. The van der Waals surface area contributed by atoms with Gasteiger partial charge in [-0.2, -0.15) is 12.6 Å². The van der Waals surface area contributed by atoms with Crippen LogP contribution in [0.5, 0.6) is 0 Å². The number of hydrogen-bond acceptors (Lipinski definition) is 2. The third-order valence-electron chi connectivity index (χ3n) is 2.82. The van der Waals surface area contributed by atoms with E-state index in [1.807, 2.05) is 25.3 Å². The van der Waals surface area contributed by atoms with E-state index in [0.29, 0.717) is 11.8 Å². The molecule has 3 heteroatoms. The first-order valence-corrected chi connectivity index (χ1v) is 5.96. The Morgan fingerprint density at radius 2 is 2.13 bits per heavy atom. The Bertz CT molecular complexity index is 370. The predicted octanol–water partition coefficient (Wildman–Crippen LogP) is 2.36. The normalized spacial score (nSPS) is 13.1. The standard InChI is InChI=1S/C12H19NOS/c1-9(2)11(8-15)7-13-6-4-5-10(3)12(13)14/h4-6,9,11,15H,7-8H2,1-3H3. The summed E-state index contributed by atoms with van der Waals surface area (Å²) in [6.07, 6.45) is 1.86. The van der Waals surface area contributed by atoms with Gasteiger partial charge in [0.05, 0.1) is 0 Å². The van der Waals surface area contributed by atoms with Crippen molar-refractivity contribution in [3.63, 3.8) is 0 Å². The van der Waals surface area contributed by atoms with Gasteiger partial charge in [0.15, 0.2) is 0 Å². The molecule has 0 aromatic carbocycles. The van der Waals surface area contributed by atoms with E-state index in [-0.39, 0.29) is 5.56 Å². The summed E-state index contributed by atoms with van der Waals surface area (Å²) in [6.45, 7) is 6.95. The second-order valence-electron chi connectivity index (χ2n) is 4.34. The minimum Gasteiger partial charge on any atom is -0.315 e. The van der Waals surface area contributed by atoms with E-state index in [0.717, 1.165) is 17.9 Å². The van der Waals surface area contributed by atoms with Crippen molar-refractivity contribution in [2.45, 2.75) is 27.3 Å². The molecule has 0 radical (unpaired) electrons. The van der Waals surface area contributed by atoms with Crippen LogP contribution in [0.3, 0.4) is 0 Å². The summed E-state index contributed by atoms with van der Waals surface area (Å²) in [7, 11) is 0. The Morgan fingerprint density at radius 3 is 2.67 bits per heavy atom. The molecule has 1 aromatic heterocycles. The maximum atomic E-state index is 11.8. The molecule has 1 aromatic rings. The summed E-state index contributed by atoms with van der Waals surface area (Å²) in [4.78, 5) is 11.8. The third kappa shape index (κ3) is 3.13. The van der Waals surface area contributed by atoms with Crippen molar-refractivity contribution < 1.29 is 0 Å². The summed E-state index contributed by atoms with van der Waals surface area (Å²) >= 11 is 4.33. The van der Waals surface area contributed by atoms with Crippen LogP contribution in [0.1, 0.15) is 19.4 Å². The van der Waals surface area contributed by atoms with Crippen molar-refractivity contribution in [3.8, 4) is 0 Å². The zero-order valence-corrected chi connectivity index (χ0v) is 10.5. The topological polar surface area (TPSA) is 22.0 Å². The van der Waals surface area contributed by atoms with Crippen LogP contribution in [0.15, 0.2) is 23.1 Å². The van der Waals surface area contributed by atoms with Gasteiger partial charge in [0, 0.05) is 18.3 Å². The Morgan fingerprint density at radius 1 is 1.47 bits per heavy atom. The highest BCUT2D eigenvalue weighted by Crippen LogP contribution is 2.14. The number of aryl methyl sites for hydroxylation is 1. The fraction of sp³-hybridized carbons (Fsp3) is 0.583. The lowest BCUT2D eigenvalue weighted by Gasteiger charge is -2.19. The summed E-state index contributed by atoms with van der Waals surface area (Å²) < 4.78 is 1.79. The highest BCUT2D eigenvalue weighted by atomic mass is 32.1. The van der Waals surface area contributed by atoms with E-state index in [1.165, 1.54) is 0 Å². The van der Waals surface area contributed by atoms with Gasteiger partial charge < -0.3 is 4.57 Å². The van der Waals surface area contributed by atoms with E-state index in [9.17, 15) is 4.79 Å². The first-order valence-electron chi connectivity index (χ1n) is 5.33. The minimum absolute atomic E-state index is 0.116. The predicted molar refractivity (Wildman–Crippen MR) is 67.6 cm³/mol. The summed E-state index contributed by atoms with van der Waals surface area (Å²) in [5, 5.41) is 0. The monoisotopic (exact) mass is 225 g/mol. The number of rotatable bonds is 4. The van der Waals surface area contributed by atoms with Gasteiger partial charge in [0.1, 0.15) is 0 Å². The van der Waals surface area contributed by atoms with Crippen LogP contribution in [0, 0.1) is 18.8 Å². The first kappa shape index (κ1) is 12.4. The second kappa shape index (κ2) is 5.40. The highest BCUT2D eigenvalue weighted by molar-refractivity contribution is 7.80. The average Bonchev–Trinajstić information content (AvgIpc) is 2.19. The lowest BCUT2D eigenvalue weighted by molar-refractivity contribution is 0.367. The van der Waals surface area contributed by atoms with Gasteiger partial charge >= 0.3 is 0 Å². The number of pyridine rings is 1. The zero-order chi connectivity index (χ0) is 11.4. The smallest absolute Gasteiger partial charge is 0.253 e. The first-order chi connectivity index (χ1) is 7.06. The van der Waals surface area contributed by atoms with E-state index < -0.39 is 0 Å². The summed E-state index contributed by atoms with van der Waals surface area (Å²) in [5.74, 6) is 1.82. The van der Waals surface area contributed by atoms with Crippen molar-refractivity contribution in [3.05, 3.63) is 34.2 Å². The van der Waals surface area contributed by atoms with Crippen molar-refractivity contribution in [2.75, 3.05) is 5.75 Å². The van der Waals surface area contributed by atoms with Gasteiger partial charge in [-0.1, -0.05) is 19.9 Å². The molecule has 0 fully saturated rings. The van der Waals surface area contributed by atoms with Gasteiger partial charge in [0.25, 0.3) is 5.56 Å². The van der Waals surface area contributed by atoms with Gasteiger partial charge in [-0.05, 0) is 30.6 Å². The quantitative estimate of drug-likeness (QED) is 0.781. The molecule has 0 bridgehead atoms. The van der Waals surface area contributed by atoms with Crippen LogP contribution in [-0.2, 0) is 6.54 Å². The number of thiol groups is 1. The van der Waals surface area contributed by atoms with Gasteiger partial charge in [0.2, 0.25) is 0 Å². The Hall–Kier alpha value is -0.700. The van der Waals surface area contributed by atoms with Crippen molar-refractivity contribution >= 4 is 12.6 Å². The minimum atomic E-state index is 0.116. The second-order valence-corrected chi connectivity index (χ2v) is 4.70. The molecule has 0 saturated heterocycles. The molecule has 1 unspecified atom stereocenters. The Balaban J connectivity index is 2.89. The number of nitrogens with zero attached hydrogens (tertiary/aromatic N) is 1. The van der Waals surface area contributed by atoms with E-state index in [1.54, 1.807) is 4.57 Å². The Labute approximate surface area is 96.7 Å². The van der Waals surface area contributed by atoms with Crippen molar-refractivity contribution in [1.29, 1.82) is 0 Å². The molecule has 0 spiro atoms. The van der Waals surface area contributed by atoms with Crippen LogP contribution >= 0.6 is 12.6 Å². The molecule has 1 rings (SSSR count). The van der Waals surface area contributed by atoms with Crippen molar-refractivity contribution in [1.82, 2.24) is 4.57 Å². The molecule has 0 aliphatic carbocycles. The molecule has 0 amide bonds. The molecule has 0 N–H and O–H groups in total. The number of hydrogen-bond donors (Lipinski definition) is 1. The lowest BCUT2D eigenvalue weighted by atomic mass is 9.98. The van der Waals surface area contributed by atoms with Crippen LogP contribution in [0.4, 0.5) is 0 Å². The Kier molecular flexibility index (Phi) is 4.45. The SMILES string of the molecule is Cc1cccn(CC(CS)C(C)C)c1=O. The summed E-state index contributed by atoms with van der Waals surface area (Å²) in [5.41, 5.74) is 0.920. The van der Waals surface area contributed by atoms with Crippen LogP contribution in [-0.4, -0.2) is 10.3 Å². The van der Waals surface area contributed by atoms with Crippen LogP contribution in [0.2, 0.25) is 0 Å². The molecule has 15 heavy (non-hydrogen) atoms. The molecule has 0 aliphatic heterocycles. The maximum absolute atomic E-state index is 11.8. The van der Waals surface area contributed by atoms with Gasteiger partial charge in [-0.25, -0.2) is 0 Å². The fourth-order valence-electron chi connectivity index (χ4n) is 1.53. The van der Waals surface area contributed by atoms with E-state index in [4.69, 9.17) is 0 Å². The molecule has 2 nitrogen and oxygen atoms in total. The van der Waals surface area contributed by atoms with E-state index >= 15 is 0 Å². The van der Waals surface area contributed by atoms with Crippen LogP contribution in [0.25, 0.3) is 0 Å². The largest absolute Gasteiger partial charge is 0.315 e. The van der Waals surface area contributed by atoms with Crippen LogP contribution < -0.4 is 5.56 Å². The fourth-order valence-corrected chi connectivity index (χ4v) is 2.07. The zero-order valence-electron chi connectivity index (χ0n) is 9.60. The molecule has 84 valence electrons. The van der Waals surface area contributed by atoms with Crippen molar-refractivity contribution in [2.24, 2.45) is 11.8 Å². The highest BCUT2D eigenvalue weighted by Gasteiger charge is 2.12. The third-order valence-corrected chi connectivity index (χ3v) is 3.29. The molecule has 1 heterocycles. The maximum Gasteiger partial charge on any atom is 0.253 e. The molecular weight excluding hydrogens is 206 g/mol. The molecule has 0 aliphatic rings. The molecule has 1 atom stereocenters. The van der Waals surface area contributed by atoms with Gasteiger partial charge in [-0.3, -0.25) is 4.79 Å². The average molecular weight is 225 g/mol. The van der Waals surface area contributed by atoms with Gasteiger partial charge in [-0.15, -0.1) is 0 Å². The lowest BCUT2D eigenvalue weighted by Crippen LogP contribution is -2.27. The number of aromatic nitrogens is 1. The molecular formula is C12H19NOS. The summed E-state index contributed by atoms with van der Waals surface area (Å²) in [6, 6.07) is 3.77. The van der Waals surface area contributed by atoms with E-state index in [2.05, 4.69) is 26.5 Å².